The molecule has 1 aromatic heterocycles. The third-order valence-corrected chi connectivity index (χ3v) is 6.75. The molecular formula is C24H23ClFN3O3S. The van der Waals surface area contributed by atoms with Crippen LogP contribution in [0.1, 0.15) is 34.1 Å². The van der Waals surface area contributed by atoms with Crippen molar-refractivity contribution in [2.24, 2.45) is 0 Å². The molecule has 2 aromatic carbocycles. The van der Waals surface area contributed by atoms with E-state index in [2.05, 4.69) is 9.97 Å². The molecule has 4 rings (SSSR count). The van der Waals surface area contributed by atoms with E-state index in [1.165, 1.54) is 24.0 Å². The van der Waals surface area contributed by atoms with Crippen molar-refractivity contribution >= 4 is 29.3 Å². The number of amides is 1. The number of hydrogen-bond donors (Lipinski definition) is 0. The number of nitrogens with zero attached hydrogens (tertiary/aromatic N) is 3. The van der Waals surface area contributed by atoms with E-state index in [9.17, 15) is 4.79 Å². The summed E-state index contributed by atoms with van der Waals surface area (Å²) in [7, 11) is 3.14. The molecule has 0 bridgehead atoms. The van der Waals surface area contributed by atoms with Crippen molar-refractivity contribution in [2.45, 2.75) is 24.0 Å². The Balaban J connectivity index is 1.84. The normalized spacial score (nSPS) is 17.6. The standard InChI is InChI=1S/C24H23ClFN3O3S/c1-24(17-6-5-7-18(25)20(17)26)13-29(12-14-8-9-15(31-2)10-19(14)32-3)22(30)16-11-27-23(33-4)28-21(16)24/h5-11H,12-13H2,1-4H3. The van der Waals surface area contributed by atoms with E-state index in [1.807, 2.05) is 25.3 Å². The Morgan fingerprint density at radius 3 is 2.73 bits per heavy atom. The summed E-state index contributed by atoms with van der Waals surface area (Å²) in [6.07, 6.45) is 3.38. The number of halogens is 2. The average molecular weight is 488 g/mol. The largest absolute Gasteiger partial charge is 0.497 e. The second kappa shape index (κ2) is 9.19. The van der Waals surface area contributed by atoms with Crippen molar-refractivity contribution < 1.29 is 18.7 Å². The molecule has 0 spiro atoms. The lowest BCUT2D eigenvalue weighted by Crippen LogP contribution is -2.49. The van der Waals surface area contributed by atoms with Gasteiger partial charge in [0, 0.05) is 36.5 Å². The quantitative estimate of drug-likeness (QED) is 0.361. The molecule has 172 valence electrons. The summed E-state index contributed by atoms with van der Waals surface area (Å²) in [6, 6.07) is 10.3. The van der Waals surface area contributed by atoms with Crippen LogP contribution in [0.5, 0.6) is 11.5 Å². The van der Waals surface area contributed by atoms with Crippen LogP contribution in [-0.2, 0) is 12.0 Å². The zero-order valence-electron chi connectivity index (χ0n) is 18.7. The van der Waals surface area contributed by atoms with Gasteiger partial charge < -0.3 is 14.4 Å². The third kappa shape index (κ3) is 4.13. The number of thioether (sulfide) groups is 1. The van der Waals surface area contributed by atoms with Crippen LogP contribution in [0.15, 0.2) is 47.8 Å². The summed E-state index contributed by atoms with van der Waals surface area (Å²) >= 11 is 7.49. The highest BCUT2D eigenvalue weighted by atomic mass is 35.5. The monoisotopic (exact) mass is 487 g/mol. The van der Waals surface area contributed by atoms with Gasteiger partial charge in [-0.25, -0.2) is 14.4 Å². The van der Waals surface area contributed by atoms with Crippen molar-refractivity contribution in [2.75, 3.05) is 27.0 Å². The Morgan fingerprint density at radius 2 is 2.03 bits per heavy atom. The minimum Gasteiger partial charge on any atom is -0.497 e. The van der Waals surface area contributed by atoms with Crippen LogP contribution in [-0.4, -0.2) is 47.8 Å². The summed E-state index contributed by atoms with van der Waals surface area (Å²) in [5, 5.41) is 0.537. The minimum atomic E-state index is -0.939. The number of ether oxygens (including phenoxy) is 2. The molecule has 9 heteroatoms. The highest BCUT2D eigenvalue weighted by Crippen LogP contribution is 2.41. The second-order valence-corrected chi connectivity index (χ2v) is 9.07. The summed E-state index contributed by atoms with van der Waals surface area (Å²) in [5.41, 5.74) is 1.07. The number of benzene rings is 2. The SMILES string of the molecule is COc1ccc(CN2CC(C)(c3cccc(Cl)c3F)c3nc(SC)ncc3C2=O)c(OC)c1. The fraction of sp³-hybridized carbons (Fsp3) is 0.292. The number of hydrogen-bond acceptors (Lipinski definition) is 6. The first kappa shape index (κ1) is 23.3. The maximum atomic E-state index is 15.2. The molecule has 3 aromatic rings. The molecule has 0 N–H and O–H groups in total. The third-order valence-electron chi connectivity index (χ3n) is 5.90. The highest BCUT2D eigenvalue weighted by Gasteiger charge is 2.44. The summed E-state index contributed by atoms with van der Waals surface area (Å²) < 4.78 is 26.0. The molecule has 33 heavy (non-hydrogen) atoms. The lowest BCUT2D eigenvalue weighted by Gasteiger charge is -2.41. The zero-order chi connectivity index (χ0) is 23.8. The van der Waals surface area contributed by atoms with Crippen LogP contribution < -0.4 is 9.47 Å². The van der Waals surface area contributed by atoms with Gasteiger partial charge in [-0.05, 0) is 31.4 Å². The Morgan fingerprint density at radius 1 is 1.24 bits per heavy atom. The van der Waals surface area contributed by atoms with Crippen LogP contribution in [0.25, 0.3) is 0 Å². The van der Waals surface area contributed by atoms with Crippen LogP contribution in [0, 0.1) is 5.82 Å². The van der Waals surface area contributed by atoms with Crippen molar-refractivity contribution in [3.05, 3.63) is 75.8 Å². The predicted octanol–water partition coefficient (Wildman–Crippen LogP) is 4.97. The van der Waals surface area contributed by atoms with Crippen molar-refractivity contribution in [1.29, 1.82) is 0 Å². The number of carbonyl (C=O) groups excluding carboxylic acids is 1. The first-order chi connectivity index (χ1) is 15.8. The topological polar surface area (TPSA) is 64.5 Å². The first-order valence-corrected chi connectivity index (χ1v) is 11.8. The second-order valence-electron chi connectivity index (χ2n) is 7.89. The van der Waals surface area contributed by atoms with Gasteiger partial charge >= 0.3 is 0 Å². The number of fused-ring (bicyclic) bond motifs is 1. The van der Waals surface area contributed by atoms with E-state index >= 15 is 4.39 Å². The number of carbonyl (C=O) groups is 1. The van der Waals surface area contributed by atoms with Gasteiger partial charge in [-0.15, -0.1) is 0 Å². The maximum Gasteiger partial charge on any atom is 0.257 e. The summed E-state index contributed by atoms with van der Waals surface area (Å²) in [6.45, 7) is 2.34. The Bertz CT molecular complexity index is 1230. The molecule has 1 aliphatic heterocycles. The first-order valence-electron chi connectivity index (χ1n) is 10.2. The molecule has 6 nitrogen and oxygen atoms in total. The van der Waals surface area contributed by atoms with Crippen LogP contribution >= 0.6 is 23.4 Å². The van der Waals surface area contributed by atoms with Crippen molar-refractivity contribution in [1.82, 2.24) is 14.9 Å². The van der Waals surface area contributed by atoms with E-state index in [4.69, 9.17) is 21.1 Å². The Hall–Kier alpha value is -2.84. The van der Waals surface area contributed by atoms with Gasteiger partial charge in [-0.2, -0.15) is 0 Å². The minimum absolute atomic E-state index is 0.0229. The van der Waals surface area contributed by atoms with E-state index in [-0.39, 0.29) is 24.0 Å². The maximum absolute atomic E-state index is 15.2. The molecule has 0 saturated carbocycles. The van der Waals surface area contributed by atoms with Gasteiger partial charge in [-0.3, -0.25) is 4.79 Å². The molecule has 0 radical (unpaired) electrons. The molecule has 1 aliphatic rings. The lowest BCUT2D eigenvalue weighted by atomic mass is 9.74. The molecular weight excluding hydrogens is 465 g/mol. The fourth-order valence-electron chi connectivity index (χ4n) is 4.20. The molecule has 1 atom stereocenters. The number of aromatic nitrogens is 2. The molecule has 0 saturated heterocycles. The molecule has 1 unspecified atom stereocenters. The summed E-state index contributed by atoms with van der Waals surface area (Å²) in [4.78, 5) is 24.1. The van der Waals surface area contributed by atoms with Gasteiger partial charge in [0.1, 0.15) is 17.3 Å². The Kier molecular flexibility index (Phi) is 6.50. The Labute approximate surface area is 201 Å². The smallest absolute Gasteiger partial charge is 0.257 e. The van der Waals surface area contributed by atoms with Crippen molar-refractivity contribution in [3.63, 3.8) is 0 Å². The van der Waals surface area contributed by atoms with Crippen LogP contribution in [0.3, 0.4) is 0 Å². The van der Waals surface area contributed by atoms with Crippen LogP contribution in [0.4, 0.5) is 4.39 Å². The predicted molar refractivity (Wildman–Crippen MR) is 126 cm³/mol. The lowest BCUT2D eigenvalue weighted by molar-refractivity contribution is 0.0674. The van der Waals surface area contributed by atoms with Gasteiger partial charge in [-0.1, -0.05) is 35.5 Å². The van der Waals surface area contributed by atoms with Gasteiger partial charge in [0.15, 0.2) is 5.16 Å². The zero-order valence-corrected chi connectivity index (χ0v) is 20.3. The van der Waals surface area contributed by atoms with Gasteiger partial charge in [0.2, 0.25) is 0 Å². The molecule has 2 heterocycles. The van der Waals surface area contributed by atoms with E-state index in [0.29, 0.717) is 33.5 Å². The van der Waals surface area contributed by atoms with Gasteiger partial charge in [0.25, 0.3) is 5.91 Å². The average Bonchev–Trinajstić information content (AvgIpc) is 2.83. The number of rotatable bonds is 6. The molecule has 0 fully saturated rings. The van der Waals surface area contributed by atoms with Crippen LogP contribution in [0.2, 0.25) is 5.02 Å². The van der Waals surface area contributed by atoms with Crippen molar-refractivity contribution in [3.8, 4) is 11.5 Å². The molecule has 1 amide bonds. The van der Waals surface area contributed by atoms with Gasteiger partial charge in [0.05, 0.1) is 35.9 Å². The number of methoxy groups -OCH3 is 2. The van der Waals surface area contributed by atoms with E-state index < -0.39 is 11.2 Å². The molecule has 0 aliphatic carbocycles. The van der Waals surface area contributed by atoms with E-state index in [0.717, 1.165) is 5.56 Å². The summed E-state index contributed by atoms with van der Waals surface area (Å²) in [5.74, 6) is 0.496. The highest BCUT2D eigenvalue weighted by molar-refractivity contribution is 7.98. The fourth-order valence-corrected chi connectivity index (χ4v) is 4.71. The van der Waals surface area contributed by atoms with E-state index in [1.54, 1.807) is 37.3 Å².